The Morgan fingerprint density at radius 1 is 1.25 bits per heavy atom. The summed E-state index contributed by atoms with van der Waals surface area (Å²) in [5.41, 5.74) is 1.85. The van der Waals surface area contributed by atoms with Crippen molar-refractivity contribution in [2.45, 2.75) is 39.2 Å². The summed E-state index contributed by atoms with van der Waals surface area (Å²) in [4.78, 5) is 60.3. The predicted molar refractivity (Wildman–Crippen MR) is 154 cm³/mol. The first-order valence-corrected chi connectivity index (χ1v) is 13.4. The smallest absolute Gasteiger partial charge is 0.339 e. The number of amidine groups is 1. The number of fused-ring (bicyclic) bond motifs is 1. The molecule has 3 aromatic rings. The summed E-state index contributed by atoms with van der Waals surface area (Å²) >= 11 is 0. The van der Waals surface area contributed by atoms with Gasteiger partial charge in [-0.15, -0.1) is 0 Å². The third-order valence-electron chi connectivity index (χ3n) is 8.00. The van der Waals surface area contributed by atoms with E-state index in [1.54, 1.807) is 7.05 Å². The number of rotatable bonds is 8. The van der Waals surface area contributed by atoms with E-state index in [-0.39, 0.29) is 25.4 Å². The second kappa shape index (κ2) is 10.6. The Bertz CT molecular complexity index is 1570. The molecular formula is C28H34N8O4. The summed E-state index contributed by atoms with van der Waals surface area (Å²) in [6.07, 6.45) is 2.13. The van der Waals surface area contributed by atoms with Crippen molar-refractivity contribution in [3.63, 3.8) is 0 Å². The Kier molecular flexibility index (Phi) is 7.17. The number of nitrogens with zero attached hydrogens (tertiary/aromatic N) is 6. The number of aliphatic imine (C=N–C) groups is 2. The molecule has 2 N–H and O–H groups in total. The Balaban J connectivity index is 1.33. The molecule has 1 atom stereocenters. The van der Waals surface area contributed by atoms with Crippen LogP contribution in [0.25, 0.3) is 11.0 Å². The fourth-order valence-electron chi connectivity index (χ4n) is 5.81. The van der Waals surface area contributed by atoms with E-state index < -0.39 is 17.2 Å². The molecule has 2 saturated heterocycles. The van der Waals surface area contributed by atoms with Crippen LogP contribution in [0.3, 0.4) is 0 Å². The predicted octanol–water partition coefficient (Wildman–Crippen LogP) is 2.62. The Morgan fingerprint density at radius 3 is 2.73 bits per heavy atom. The van der Waals surface area contributed by atoms with Crippen molar-refractivity contribution < 1.29 is 14.0 Å². The van der Waals surface area contributed by atoms with Gasteiger partial charge >= 0.3 is 11.7 Å². The molecule has 5 rings (SSSR count). The van der Waals surface area contributed by atoms with Crippen molar-refractivity contribution in [2.75, 3.05) is 44.7 Å². The van der Waals surface area contributed by atoms with Gasteiger partial charge in [-0.1, -0.05) is 0 Å². The van der Waals surface area contributed by atoms with Gasteiger partial charge in [0, 0.05) is 55.9 Å². The van der Waals surface area contributed by atoms with Crippen molar-refractivity contribution in [3.8, 4) is 0 Å². The van der Waals surface area contributed by atoms with Crippen LogP contribution in [-0.4, -0.2) is 89.6 Å². The topological polar surface area (TPSA) is 140 Å². The molecule has 210 valence electrons. The average molecular weight is 547 g/mol. The lowest BCUT2D eigenvalue weighted by Gasteiger charge is -2.24. The number of hydrogen-bond donors (Lipinski definition) is 2. The van der Waals surface area contributed by atoms with E-state index in [0.717, 1.165) is 29.7 Å². The summed E-state index contributed by atoms with van der Waals surface area (Å²) in [5.74, 6) is 0.693. The molecule has 4 heterocycles. The number of imidazole rings is 1. The van der Waals surface area contributed by atoms with Gasteiger partial charge in [-0.25, -0.2) is 19.6 Å². The molecule has 3 amide bonds. The van der Waals surface area contributed by atoms with E-state index in [2.05, 4.69) is 50.7 Å². The van der Waals surface area contributed by atoms with E-state index in [1.807, 2.05) is 30.0 Å². The lowest BCUT2D eigenvalue weighted by Crippen LogP contribution is -2.50. The number of aromatic amines is 1. The van der Waals surface area contributed by atoms with Crippen molar-refractivity contribution in [2.24, 2.45) is 9.98 Å². The molecule has 12 nitrogen and oxygen atoms in total. The number of benzene rings is 1. The third-order valence-corrected chi connectivity index (χ3v) is 8.00. The van der Waals surface area contributed by atoms with Crippen LogP contribution in [0.2, 0.25) is 0 Å². The zero-order valence-corrected chi connectivity index (χ0v) is 23.3. The van der Waals surface area contributed by atoms with Gasteiger partial charge in [-0.05, 0) is 58.0 Å². The molecule has 1 unspecified atom stereocenters. The molecular weight excluding hydrogens is 512 g/mol. The number of likely N-dealkylation sites (tertiary alicyclic amines) is 1. The van der Waals surface area contributed by atoms with E-state index in [0.29, 0.717) is 41.5 Å². The van der Waals surface area contributed by atoms with E-state index in [4.69, 9.17) is 4.42 Å². The van der Waals surface area contributed by atoms with Gasteiger partial charge < -0.3 is 24.5 Å². The van der Waals surface area contributed by atoms with Crippen molar-refractivity contribution >= 4 is 47.0 Å². The molecule has 0 bridgehead atoms. The number of aromatic nitrogens is 2. The normalized spacial score (nSPS) is 19.2. The maximum Gasteiger partial charge on any atom is 0.339 e. The monoisotopic (exact) mass is 546 g/mol. The number of imide groups is 1. The Morgan fingerprint density at radius 2 is 2.02 bits per heavy atom. The van der Waals surface area contributed by atoms with Gasteiger partial charge in [0.25, 0.3) is 5.91 Å². The number of nitrogens with one attached hydrogen (secondary N) is 2. The molecule has 2 aliphatic heterocycles. The van der Waals surface area contributed by atoms with Crippen LogP contribution in [-0.2, 0) is 11.2 Å². The fourth-order valence-corrected chi connectivity index (χ4v) is 5.81. The second-order valence-corrected chi connectivity index (χ2v) is 10.0. The number of hydrogen-bond acceptors (Lipinski definition) is 8. The molecule has 2 aromatic heterocycles. The SMILES string of the molecule is C=Nc1nc[nH]c1C(=NC)N1CCC2(C1)NC(=O)N(CCc1c(C)c3ccc(N(CC)CC)cc3oc1=O)C2=O. The van der Waals surface area contributed by atoms with Crippen LogP contribution in [0.4, 0.5) is 16.3 Å². The first-order valence-electron chi connectivity index (χ1n) is 13.4. The zero-order valence-electron chi connectivity index (χ0n) is 23.3. The fraction of sp³-hybridized carbons (Fsp3) is 0.429. The summed E-state index contributed by atoms with van der Waals surface area (Å²) in [7, 11) is 1.65. The van der Waals surface area contributed by atoms with Crippen LogP contribution in [0, 0.1) is 6.92 Å². The highest BCUT2D eigenvalue weighted by Crippen LogP contribution is 2.31. The van der Waals surface area contributed by atoms with Crippen molar-refractivity contribution in [1.29, 1.82) is 0 Å². The number of amides is 3. The maximum atomic E-state index is 13.6. The summed E-state index contributed by atoms with van der Waals surface area (Å²) < 4.78 is 5.70. The highest BCUT2D eigenvalue weighted by Gasteiger charge is 2.55. The molecule has 0 saturated carbocycles. The number of H-pyrrole nitrogens is 1. The first kappa shape index (κ1) is 27.1. The molecule has 1 spiro atoms. The van der Waals surface area contributed by atoms with Gasteiger partial charge in [0.1, 0.15) is 16.8 Å². The molecule has 1 aromatic carbocycles. The minimum Gasteiger partial charge on any atom is -0.422 e. The van der Waals surface area contributed by atoms with Gasteiger partial charge in [-0.3, -0.25) is 14.7 Å². The van der Waals surface area contributed by atoms with Gasteiger partial charge in [0.15, 0.2) is 11.7 Å². The molecule has 0 aliphatic carbocycles. The van der Waals surface area contributed by atoms with Crippen LogP contribution in [0.1, 0.15) is 37.1 Å². The zero-order chi connectivity index (χ0) is 28.6. The molecule has 12 heteroatoms. The second-order valence-electron chi connectivity index (χ2n) is 10.0. The van der Waals surface area contributed by atoms with Crippen molar-refractivity contribution in [3.05, 3.63) is 51.8 Å². The number of carbonyl (C=O) groups excluding carboxylic acids is 2. The molecule has 0 radical (unpaired) electrons. The van der Waals surface area contributed by atoms with E-state index in [9.17, 15) is 14.4 Å². The minimum atomic E-state index is -1.07. The third kappa shape index (κ3) is 4.42. The number of carbonyl (C=O) groups is 2. The van der Waals surface area contributed by atoms with Crippen LogP contribution < -0.4 is 15.8 Å². The standard InChI is InChI=1S/C28H34N8O4/c1-6-34(7-2)18-8-9-19-17(3)20(25(37)40-21(19)14-18)10-12-36-26(38)28(33-27(36)39)11-13-35(15-28)24(30-5)22-23(29-4)32-16-31-22/h8-9,14,16H,4,6-7,10-13,15H2,1-3,5H3,(H,31,32)(H,33,39). The quantitative estimate of drug-likeness (QED) is 0.192. The number of urea groups is 1. The summed E-state index contributed by atoms with van der Waals surface area (Å²) in [6.45, 7) is 12.1. The highest BCUT2D eigenvalue weighted by atomic mass is 16.4. The van der Waals surface area contributed by atoms with Crippen molar-refractivity contribution in [1.82, 2.24) is 25.1 Å². The molecule has 40 heavy (non-hydrogen) atoms. The minimum absolute atomic E-state index is 0.0703. The van der Waals surface area contributed by atoms with Gasteiger partial charge in [0.2, 0.25) is 0 Å². The van der Waals surface area contributed by atoms with Crippen LogP contribution in [0.15, 0.2) is 43.7 Å². The lowest BCUT2D eigenvalue weighted by molar-refractivity contribution is -0.130. The average Bonchev–Trinajstić information content (AvgIpc) is 3.64. The summed E-state index contributed by atoms with van der Waals surface area (Å²) in [5, 5.41) is 3.75. The maximum absolute atomic E-state index is 13.6. The highest BCUT2D eigenvalue weighted by molar-refractivity contribution is 6.08. The number of anilines is 1. The van der Waals surface area contributed by atoms with E-state index in [1.165, 1.54) is 11.2 Å². The Hall–Kier alpha value is -4.48. The van der Waals surface area contributed by atoms with E-state index >= 15 is 0 Å². The Labute approximate surface area is 231 Å². The van der Waals surface area contributed by atoms with Crippen LogP contribution in [0.5, 0.6) is 0 Å². The van der Waals surface area contributed by atoms with Crippen LogP contribution >= 0.6 is 0 Å². The first-order chi connectivity index (χ1) is 19.3. The lowest BCUT2D eigenvalue weighted by atomic mass is 9.98. The molecule has 2 fully saturated rings. The largest absolute Gasteiger partial charge is 0.422 e. The number of aryl methyl sites for hydroxylation is 1. The summed E-state index contributed by atoms with van der Waals surface area (Å²) in [6, 6.07) is 5.40. The van der Waals surface area contributed by atoms with Gasteiger partial charge in [-0.2, -0.15) is 0 Å². The van der Waals surface area contributed by atoms with Gasteiger partial charge in [0.05, 0.1) is 12.9 Å². The molecule has 2 aliphatic rings.